The third-order valence-corrected chi connectivity index (χ3v) is 1.21. The fourth-order valence-electron chi connectivity index (χ4n) is 0.310. The van der Waals surface area contributed by atoms with E-state index in [1.807, 2.05) is 0 Å². The molecule has 1 amide bonds. The molecule has 4 heteroatoms. The minimum absolute atomic E-state index is 0.160. The van der Waals surface area contributed by atoms with Crippen molar-refractivity contribution in [2.24, 2.45) is 0 Å². The number of hydrogen-bond acceptors (Lipinski definition) is 2. The Hall–Kier alpha value is -0.640. The minimum Gasteiger partial charge on any atom is -0.375 e. The van der Waals surface area contributed by atoms with Gasteiger partial charge in [-0.1, -0.05) is 12.2 Å². The Labute approximate surface area is 60.0 Å². The summed E-state index contributed by atoms with van der Waals surface area (Å²) in [5.74, 6) is -0.160. The molecule has 0 saturated heterocycles. The fourth-order valence-corrected chi connectivity index (χ4v) is 0.493. The highest BCUT2D eigenvalue weighted by molar-refractivity contribution is 7.82. The summed E-state index contributed by atoms with van der Waals surface area (Å²) >= 11 is 4.65. The second kappa shape index (κ2) is 3.40. The second-order valence-electron chi connectivity index (χ2n) is 1.78. The Kier molecular flexibility index (Phi) is 3.16. The predicted octanol–water partition coefficient (Wildman–Crippen LogP) is -0.379. The van der Waals surface area contributed by atoms with E-state index in [1.54, 1.807) is 21.1 Å². The lowest BCUT2D eigenvalue weighted by molar-refractivity contribution is -0.121. The van der Waals surface area contributed by atoms with Crippen molar-refractivity contribution in [1.82, 2.24) is 10.2 Å². The van der Waals surface area contributed by atoms with Crippen molar-refractivity contribution in [3.63, 3.8) is 0 Å². The summed E-state index contributed by atoms with van der Waals surface area (Å²) in [5, 5.41) is 2.59. The summed E-state index contributed by atoms with van der Waals surface area (Å²) in [6.07, 6.45) is 0. The average molecular weight is 146 g/mol. The zero-order valence-corrected chi connectivity index (χ0v) is 6.58. The number of amides is 1. The Morgan fingerprint density at radius 3 is 2.11 bits per heavy atom. The molecule has 0 aromatic carbocycles. The summed E-state index contributed by atoms with van der Waals surface area (Å²) in [7, 11) is 4.95. The first-order valence-corrected chi connectivity index (χ1v) is 2.93. The van der Waals surface area contributed by atoms with Crippen LogP contribution >= 0.6 is 12.2 Å². The molecule has 0 spiro atoms. The molecule has 0 aliphatic carbocycles. The van der Waals surface area contributed by atoms with E-state index in [9.17, 15) is 4.79 Å². The first kappa shape index (κ1) is 8.36. The molecular formula is C5H10N2OS. The molecule has 0 aliphatic rings. The van der Waals surface area contributed by atoms with Crippen molar-refractivity contribution in [2.75, 3.05) is 21.1 Å². The van der Waals surface area contributed by atoms with Gasteiger partial charge in [-0.3, -0.25) is 4.79 Å². The maximum atomic E-state index is 10.8. The molecule has 0 aliphatic heterocycles. The summed E-state index contributed by atoms with van der Waals surface area (Å²) in [6.45, 7) is 0. The van der Waals surface area contributed by atoms with Gasteiger partial charge in [0.15, 0.2) is 4.99 Å². The number of likely N-dealkylation sites (N-methyl/N-ethyl adjacent to an activating group) is 2. The molecule has 9 heavy (non-hydrogen) atoms. The van der Waals surface area contributed by atoms with Crippen molar-refractivity contribution in [1.29, 1.82) is 0 Å². The quantitative estimate of drug-likeness (QED) is 0.473. The number of nitrogens with one attached hydrogen (secondary N) is 1. The van der Waals surface area contributed by atoms with E-state index >= 15 is 0 Å². The molecule has 0 atom stereocenters. The van der Waals surface area contributed by atoms with Gasteiger partial charge in [-0.2, -0.15) is 0 Å². The maximum Gasteiger partial charge on any atom is 0.280 e. The second-order valence-corrected chi connectivity index (χ2v) is 2.19. The van der Waals surface area contributed by atoms with Crippen LogP contribution in [-0.2, 0) is 4.79 Å². The highest BCUT2D eigenvalue weighted by atomic mass is 32.1. The van der Waals surface area contributed by atoms with Crippen LogP contribution < -0.4 is 5.32 Å². The highest BCUT2D eigenvalue weighted by Gasteiger charge is 2.07. The number of rotatable bonds is 0. The van der Waals surface area contributed by atoms with Crippen LogP contribution in [0.15, 0.2) is 0 Å². The summed E-state index contributed by atoms with van der Waals surface area (Å²) < 4.78 is 0. The lowest BCUT2D eigenvalue weighted by atomic mass is 10.5. The molecule has 0 aromatic rings. The van der Waals surface area contributed by atoms with Gasteiger partial charge < -0.3 is 10.2 Å². The average Bonchev–Trinajstić information content (AvgIpc) is 1.84. The molecule has 0 unspecified atom stereocenters. The molecule has 52 valence electrons. The van der Waals surface area contributed by atoms with Crippen molar-refractivity contribution in [2.45, 2.75) is 0 Å². The molecule has 1 N–H and O–H groups in total. The van der Waals surface area contributed by atoms with Gasteiger partial charge in [0, 0.05) is 21.1 Å². The number of nitrogens with zero attached hydrogens (tertiary/aromatic N) is 1. The van der Waals surface area contributed by atoms with Gasteiger partial charge in [0.25, 0.3) is 5.91 Å². The van der Waals surface area contributed by atoms with Crippen LogP contribution in [0.25, 0.3) is 0 Å². The number of carbonyl (C=O) groups excluding carboxylic acids is 1. The van der Waals surface area contributed by atoms with E-state index in [2.05, 4.69) is 17.5 Å². The number of carbonyl (C=O) groups is 1. The predicted molar refractivity (Wildman–Crippen MR) is 40.4 cm³/mol. The lowest BCUT2D eigenvalue weighted by Gasteiger charge is -2.09. The number of hydrogen-bond donors (Lipinski definition) is 1. The monoisotopic (exact) mass is 146 g/mol. The highest BCUT2D eigenvalue weighted by Crippen LogP contribution is 1.79. The van der Waals surface area contributed by atoms with Crippen molar-refractivity contribution < 1.29 is 4.79 Å². The Morgan fingerprint density at radius 1 is 1.56 bits per heavy atom. The van der Waals surface area contributed by atoms with Crippen LogP contribution in [-0.4, -0.2) is 36.9 Å². The maximum absolute atomic E-state index is 10.8. The van der Waals surface area contributed by atoms with Crippen LogP contribution in [0.3, 0.4) is 0 Å². The third kappa shape index (κ3) is 2.41. The van der Waals surface area contributed by atoms with Crippen LogP contribution in [0, 0.1) is 0 Å². The van der Waals surface area contributed by atoms with Gasteiger partial charge in [0.1, 0.15) is 0 Å². The zero-order chi connectivity index (χ0) is 7.44. The van der Waals surface area contributed by atoms with Crippen molar-refractivity contribution >= 4 is 23.1 Å². The van der Waals surface area contributed by atoms with Gasteiger partial charge in [0.05, 0.1) is 0 Å². The molecule has 0 rings (SSSR count). The first-order valence-electron chi connectivity index (χ1n) is 2.53. The zero-order valence-electron chi connectivity index (χ0n) is 5.76. The van der Waals surface area contributed by atoms with E-state index in [1.165, 1.54) is 4.90 Å². The molecule has 0 heterocycles. The summed E-state index contributed by atoms with van der Waals surface area (Å²) in [5.41, 5.74) is 0. The van der Waals surface area contributed by atoms with Gasteiger partial charge in [-0.15, -0.1) is 0 Å². The smallest absolute Gasteiger partial charge is 0.280 e. The molecule has 3 nitrogen and oxygen atoms in total. The molecule has 0 bridgehead atoms. The van der Waals surface area contributed by atoms with Crippen molar-refractivity contribution in [3.05, 3.63) is 0 Å². The molecule has 0 radical (unpaired) electrons. The summed E-state index contributed by atoms with van der Waals surface area (Å²) in [4.78, 5) is 12.5. The molecule has 0 aromatic heterocycles. The van der Waals surface area contributed by atoms with E-state index < -0.39 is 0 Å². The van der Waals surface area contributed by atoms with Crippen LogP contribution in [0.2, 0.25) is 0 Å². The molecule has 0 fully saturated rings. The third-order valence-electron chi connectivity index (χ3n) is 0.827. The van der Waals surface area contributed by atoms with Crippen LogP contribution in [0.5, 0.6) is 0 Å². The fraction of sp³-hybridized carbons (Fsp3) is 0.600. The van der Waals surface area contributed by atoms with Crippen LogP contribution in [0.1, 0.15) is 0 Å². The SMILES string of the molecule is CNC(=S)C(=O)N(C)C. The normalized spacial score (nSPS) is 8.33. The number of thiocarbonyl (C=S) groups is 1. The van der Waals surface area contributed by atoms with E-state index in [4.69, 9.17) is 0 Å². The largest absolute Gasteiger partial charge is 0.375 e. The van der Waals surface area contributed by atoms with Crippen molar-refractivity contribution in [3.8, 4) is 0 Å². The molecule has 0 saturated carbocycles. The Bertz CT molecular complexity index is 133. The van der Waals surface area contributed by atoms with E-state index in [-0.39, 0.29) is 10.9 Å². The minimum atomic E-state index is -0.160. The van der Waals surface area contributed by atoms with E-state index in [0.29, 0.717) is 0 Å². The standard InChI is InChI=1S/C5H10N2OS/c1-6-4(9)5(8)7(2)3/h1-3H3,(H,6,9). The van der Waals surface area contributed by atoms with Gasteiger partial charge >= 0.3 is 0 Å². The topological polar surface area (TPSA) is 32.3 Å². The first-order chi connectivity index (χ1) is 4.09. The Balaban J connectivity index is 3.89. The lowest BCUT2D eigenvalue weighted by Crippen LogP contribution is -2.35. The molecular weight excluding hydrogens is 136 g/mol. The van der Waals surface area contributed by atoms with Gasteiger partial charge in [-0.25, -0.2) is 0 Å². The van der Waals surface area contributed by atoms with Crippen LogP contribution in [0.4, 0.5) is 0 Å². The Morgan fingerprint density at radius 2 is 2.00 bits per heavy atom. The van der Waals surface area contributed by atoms with Gasteiger partial charge in [-0.05, 0) is 0 Å². The van der Waals surface area contributed by atoms with E-state index in [0.717, 1.165) is 0 Å². The summed E-state index contributed by atoms with van der Waals surface area (Å²) in [6, 6.07) is 0. The van der Waals surface area contributed by atoms with Gasteiger partial charge in [0.2, 0.25) is 0 Å².